The lowest BCUT2D eigenvalue weighted by atomic mass is 9.96. The van der Waals surface area contributed by atoms with Gasteiger partial charge in [-0.05, 0) is 48.7 Å². The number of rotatable bonds is 8. The van der Waals surface area contributed by atoms with E-state index in [0.717, 1.165) is 38.3 Å². The first kappa shape index (κ1) is 29.8. The molecule has 0 aliphatic carbocycles. The summed E-state index contributed by atoms with van der Waals surface area (Å²) in [6, 6.07) is 13.9. The number of fused-ring (bicyclic) bond motifs is 3. The van der Waals surface area contributed by atoms with Gasteiger partial charge in [0.2, 0.25) is 5.91 Å². The Balaban J connectivity index is 1.50. The van der Waals surface area contributed by atoms with Gasteiger partial charge in [-0.15, -0.1) is 11.3 Å². The van der Waals surface area contributed by atoms with E-state index in [1.54, 1.807) is 4.90 Å². The summed E-state index contributed by atoms with van der Waals surface area (Å²) in [6.45, 7) is 6.87. The molecular formula is C35H31F2N5O3S. The Hall–Kier alpha value is -4.87. The summed E-state index contributed by atoms with van der Waals surface area (Å²) in [5.74, 6) is -1.64. The van der Waals surface area contributed by atoms with E-state index in [1.807, 2.05) is 48.4 Å². The van der Waals surface area contributed by atoms with Gasteiger partial charge < -0.3 is 18.9 Å². The van der Waals surface area contributed by atoms with Crippen molar-refractivity contribution in [3.05, 3.63) is 90.1 Å². The van der Waals surface area contributed by atoms with Gasteiger partial charge in [-0.1, -0.05) is 12.6 Å². The van der Waals surface area contributed by atoms with Gasteiger partial charge in [-0.25, -0.2) is 13.8 Å². The third-order valence-electron chi connectivity index (χ3n) is 8.54. The first-order chi connectivity index (χ1) is 22.3. The van der Waals surface area contributed by atoms with Crippen LogP contribution in [0.5, 0.6) is 5.75 Å². The molecule has 11 heteroatoms. The third-order valence-corrected chi connectivity index (χ3v) is 9.47. The lowest BCUT2D eigenvalue weighted by Gasteiger charge is -2.33. The van der Waals surface area contributed by atoms with Gasteiger partial charge in [0.1, 0.15) is 35.4 Å². The number of aryl methyl sites for hydroxylation is 1. The van der Waals surface area contributed by atoms with Crippen molar-refractivity contribution in [3.8, 4) is 39.5 Å². The quantitative estimate of drug-likeness (QED) is 0.128. The molecule has 0 saturated carbocycles. The maximum atomic E-state index is 16.0. The fourth-order valence-electron chi connectivity index (χ4n) is 6.27. The number of pyridine rings is 1. The van der Waals surface area contributed by atoms with Gasteiger partial charge >= 0.3 is 0 Å². The number of amides is 1. The number of halogens is 2. The number of nitrogens with zero attached hydrogens (tertiary/aromatic N) is 5. The molecule has 0 bridgehead atoms. The Morgan fingerprint density at radius 2 is 1.93 bits per heavy atom. The maximum Gasteiger partial charge on any atom is 0.246 e. The SMILES string of the molecule is C=CC(=O)N1CCn2nc(-c3nc(-c4ccc5c(ccn5C)c4)c4ccsc4c3-c3c(F)cc(F)cc3OCCOC)cc2C1C. The molecule has 0 fully saturated rings. The predicted octanol–water partition coefficient (Wildman–Crippen LogP) is 7.38. The summed E-state index contributed by atoms with van der Waals surface area (Å²) in [5, 5.41) is 8.77. The summed E-state index contributed by atoms with van der Waals surface area (Å²) in [4.78, 5) is 19.6. The molecule has 0 radical (unpaired) electrons. The number of methoxy groups -OCH3 is 1. The minimum Gasteiger partial charge on any atom is -0.490 e. The largest absolute Gasteiger partial charge is 0.490 e. The topological polar surface area (TPSA) is 74.4 Å². The van der Waals surface area contributed by atoms with E-state index in [9.17, 15) is 9.18 Å². The number of carbonyl (C=O) groups is 1. The van der Waals surface area contributed by atoms with Crippen molar-refractivity contribution in [3.63, 3.8) is 0 Å². The molecule has 1 aliphatic rings. The van der Waals surface area contributed by atoms with Crippen molar-refractivity contribution in [2.45, 2.75) is 19.5 Å². The Kier molecular flexibility index (Phi) is 7.66. The van der Waals surface area contributed by atoms with Gasteiger partial charge in [0, 0.05) is 71.1 Å². The molecule has 234 valence electrons. The van der Waals surface area contributed by atoms with Gasteiger partial charge in [-0.2, -0.15) is 5.10 Å². The van der Waals surface area contributed by atoms with E-state index in [-0.39, 0.29) is 36.5 Å². The number of carbonyl (C=O) groups excluding carboxylic acids is 1. The number of hydrogen-bond acceptors (Lipinski definition) is 6. The van der Waals surface area contributed by atoms with Crippen molar-refractivity contribution in [2.75, 3.05) is 26.9 Å². The average molecular weight is 640 g/mol. The van der Waals surface area contributed by atoms with Crippen LogP contribution >= 0.6 is 11.3 Å². The number of benzene rings is 2. The van der Waals surface area contributed by atoms with Crippen LogP contribution in [0.25, 0.3) is 54.8 Å². The highest BCUT2D eigenvalue weighted by molar-refractivity contribution is 7.18. The smallest absolute Gasteiger partial charge is 0.246 e. The molecule has 46 heavy (non-hydrogen) atoms. The van der Waals surface area contributed by atoms with Crippen LogP contribution < -0.4 is 4.74 Å². The van der Waals surface area contributed by atoms with Gasteiger partial charge in [0.25, 0.3) is 0 Å². The van der Waals surface area contributed by atoms with Crippen LogP contribution in [0.1, 0.15) is 18.7 Å². The molecule has 1 unspecified atom stereocenters. The van der Waals surface area contributed by atoms with E-state index in [4.69, 9.17) is 19.6 Å². The number of aromatic nitrogens is 4. The summed E-state index contributed by atoms with van der Waals surface area (Å²) in [7, 11) is 3.53. The number of thiophene rings is 1. The highest BCUT2D eigenvalue weighted by Gasteiger charge is 2.31. The van der Waals surface area contributed by atoms with Gasteiger partial charge in [-0.3, -0.25) is 9.48 Å². The minimum atomic E-state index is -0.774. The summed E-state index contributed by atoms with van der Waals surface area (Å²) in [5.41, 5.74) is 5.01. The Bertz CT molecular complexity index is 2150. The second-order valence-corrected chi connectivity index (χ2v) is 12.2. The summed E-state index contributed by atoms with van der Waals surface area (Å²) in [6.07, 6.45) is 3.32. The first-order valence-electron chi connectivity index (χ1n) is 14.9. The van der Waals surface area contributed by atoms with Crippen molar-refractivity contribution in [2.24, 2.45) is 7.05 Å². The zero-order valence-corrected chi connectivity index (χ0v) is 26.4. The van der Waals surface area contributed by atoms with Crippen LogP contribution in [0.3, 0.4) is 0 Å². The van der Waals surface area contributed by atoms with Crippen LogP contribution in [0, 0.1) is 11.6 Å². The molecule has 6 aromatic rings. The Morgan fingerprint density at radius 3 is 2.74 bits per heavy atom. The highest BCUT2D eigenvalue weighted by atomic mass is 32.1. The average Bonchev–Trinajstić information content (AvgIpc) is 3.79. The number of ether oxygens (including phenoxy) is 2. The van der Waals surface area contributed by atoms with Crippen LogP contribution in [0.2, 0.25) is 0 Å². The zero-order chi connectivity index (χ0) is 32.1. The fraction of sp³-hybridized carbons (Fsp3) is 0.229. The Labute approximate surface area is 268 Å². The Morgan fingerprint density at radius 1 is 1.09 bits per heavy atom. The van der Waals surface area contributed by atoms with Crippen molar-refractivity contribution in [1.29, 1.82) is 0 Å². The van der Waals surface area contributed by atoms with E-state index < -0.39 is 11.6 Å². The van der Waals surface area contributed by atoms with Gasteiger partial charge in [0.15, 0.2) is 0 Å². The van der Waals surface area contributed by atoms with E-state index >= 15 is 4.39 Å². The van der Waals surface area contributed by atoms with Crippen LogP contribution in [-0.2, 0) is 23.1 Å². The molecule has 1 amide bonds. The number of hydrogen-bond donors (Lipinski definition) is 0. The van der Waals surface area contributed by atoms with E-state index in [0.29, 0.717) is 35.7 Å². The molecular weight excluding hydrogens is 608 g/mol. The molecule has 5 heterocycles. The second kappa shape index (κ2) is 11.8. The van der Waals surface area contributed by atoms with Crippen LogP contribution in [0.15, 0.2) is 72.8 Å². The fourth-order valence-corrected chi connectivity index (χ4v) is 7.22. The summed E-state index contributed by atoms with van der Waals surface area (Å²) >= 11 is 1.44. The molecule has 1 atom stereocenters. The van der Waals surface area contributed by atoms with Crippen molar-refractivity contribution in [1.82, 2.24) is 24.2 Å². The normalized spacial score (nSPS) is 14.6. The second-order valence-electron chi connectivity index (χ2n) is 11.2. The molecule has 7 rings (SSSR count). The summed E-state index contributed by atoms with van der Waals surface area (Å²) < 4.78 is 46.4. The maximum absolute atomic E-state index is 16.0. The van der Waals surface area contributed by atoms with Gasteiger partial charge in [0.05, 0.1) is 36.1 Å². The van der Waals surface area contributed by atoms with E-state index in [2.05, 4.69) is 29.3 Å². The molecule has 4 aromatic heterocycles. The molecule has 1 aliphatic heterocycles. The minimum absolute atomic E-state index is 0.0471. The predicted molar refractivity (Wildman–Crippen MR) is 176 cm³/mol. The molecule has 0 N–H and O–H groups in total. The van der Waals surface area contributed by atoms with E-state index in [1.165, 1.54) is 30.6 Å². The zero-order valence-electron chi connectivity index (χ0n) is 25.6. The first-order valence-corrected chi connectivity index (χ1v) is 15.8. The monoisotopic (exact) mass is 639 g/mol. The highest BCUT2D eigenvalue weighted by Crippen LogP contribution is 2.47. The molecule has 8 nitrogen and oxygen atoms in total. The molecule has 0 spiro atoms. The molecule has 0 saturated heterocycles. The van der Waals surface area contributed by atoms with Crippen LogP contribution in [-0.4, -0.2) is 57.0 Å². The van der Waals surface area contributed by atoms with Crippen LogP contribution in [0.4, 0.5) is 8.78 Å². The third kappa shape index (κ3) is 4.96. The molecule has 2 aromatic carbocycles. The van der Waals surface area contributed by atoms with Crippen molar-refractivity contribution < 1.29 is 23.0 Å². The van der Waals surface area contributed by atoms with Crippen molar-refractivity contribution >= 4 is 38.2 Å². The lowest BCUT2D eigenvalue weighted by molar-refractivity contribution is -0.129. The standard InChI is InChI=1S/C35H31F2N5O3S/c1-5-30(43)41-11-12-42-28(20(41)2)19-26(39-42)34-32(31-25(37)17-23(36)18-29(31)45-14-13-44-4)35-24(9-15-46-35)33(38-34)22-6-7-27-21(16-22)8-10-40(27)3/h5-10,15-20H,1,11-14H2,2-4H3. The lowest BCUT2D eigenvalue weighted by Crippen LogP contribution is -2.40.